The number of hydrazine groups is 1. The Hall–Kier alpha value is -2.33. The van der Waals surface area contributed by atoms with Gasteiger partial charge in [0.15, 0.2) is 0 Å². The van der Waals surface area contributed by atoms with E-state index in [2.05, 4.69) is 79.0 Å². The topological polar surface area (TPSA) is 27.3 Å². The summed E-state index contributed by atoms with van der Waals surface area (Å²) in [6.45, 7) is 6.30. The van der Waals surface area contributed by atoms with Crippen molar-refractivity contribution in [1.29, 1.82) is 0 Å². The minimum atomic E-state index is -0.0546. The lowest BCUT2D eigenvalue weighted by Gasteiger charge is -2.28. The van der Waals surface area contributed by atoms with Crippen LogP contribution in [0.2, 0.25) is 0 Å². The molecular formula is C19H21N3S. The number of benzene rings is 2. The van der Waals surface area contributed by atoms with Gasteiger partial charge in [0.1, 0.15) is 6.17 Å². The number of anilines is 1. The van der Waals surface area contributed by atoms with Crippen LogP contribution < -0.4 is 10.7 Å². The number of hydrogen-bond acceptors (Lipinski definition) is 4. The zero-order valence-corrected chi connectivity index (χ0v) is 14.4. The van der Waals surface area contributed by atoms with Crippen LogP contribution in [0.3, 0.4) is 0 Å². The molecule has 1 unspecified atom stereocenters. The summed E-state index contributed by atoms with van der Waals surface area (Å²) in [6.07, 6.45) is -0.0546. The molecule has 2 aromatic carbocycles. The van der Waals surface area contributed by atoms with Crippen molar-refractivity contribution in [2.24, 2.45) is 0 Å². The molecule has 2 aromatic rings. The average Bonchev–Trinajstić information content (AvgIpc) is 2.82. The third-order valence-electron chi connectivity index (χ3n) is 3.89. The Morgan fingerprint density at radius 3 is 2.30 bits per heavy atom. The zero-order chi connectivity index (χ0) is 16.4. The van der Waals surface area contributed by atoms with Gasteiger partial charge >= 0.3 is 0 Å². The summed E-state index contributed by atoms with van der Waals surface area (Å²) in [5.74, 6) is 0. The number of thiocarbonyl (C=S) groups is 1. The fourth-order valence-corrected chi connectivity index (χ4v) is 3.21. The van der Waals surface area contributed by atoms with Crippen molar-refractivity contribution in [3.8, 4) is 0 Å². The first-order chi connectivity index (χ1) is 11.1. The molecule has 23 heavy (non-hydrogen) atoms. The maximum atomic E-state index is 5.22. The molecule has 0 bridgehead atoms. The summed E-state index contributed by atoms with van der Waals surface area (Å²) in [5, 5.41) is 7.28. The summed E-state index contributed by atoms with van der Waals surface area (Å²) in [7, 11) is 0. The molecule has 0 fully saturated rings. The highest BCUT2D eigenvalue weighted by Gasteiger charge is 2.29. The van der Waals surface area contributed by atoms with Crippen LogP contribution >= 0.6 is 12.2 Å². The van der Waals surface area contributed by atoms with Crippen molar-refractivity contribution >= 4 is 29.0 Å². The zero-order valence-electron chi connectivity index (χ0n) is 13.6. The maximum absolute atomic E-state index is 5.22. The second-order valence-electron chi connectivity index (χ2n) is 5.92. The molecule has 1 heterocycles. The van der Waals surface area contributed by atoms with E-state index in [1.54, 1.807) is 5.37 Å². The average molecular weight is 323 g/mol. The molecule has 0 saturated heterocycles. The molecule has 3 nitrogen and oxygen atoms in total. The Morgan fingerprint density at radius 1 is 1.04 bits per heavy atom. The predicted octanol–water partition coefficient (Wildman–Crippen LogP) is 4.25. The van der Waals surface area contributed by atoms with Gasteiger partial charge in [0, 0.05) is 16.6 Å². The largest absolute Gasteiger partial charge is 0.362 e. The lowest BCUT2D eigenvalue weighted by molar-refractivity contribution is 0.428. The molecule has 0 aromatic heterocycles. The normalized spacial score (nSPS) is 17.2. The van der Waals surface area contributed by atoms with Crippen LogP contribution in [-0.2, 0) is 0 Å². The third-order valence-corrected chi connectivity index (χ3v) is 4.14. The van der Waals surface area contributed by atoms with Gasteiger partial charge in [0.2, 0.25) is 0 Å². The fourth-order valence-electron chi connectivity index (χ4n) is 3.02. The minimum Gasteiger partial charge on any atom is -0.362 e. The third kappa shape index (κ3) is 3.22. The van der Waals surface area contributed by atoms with Gasteiger partial charge in [-0.2, -0.15) is 0 Å². The molecular weight excluding hydrogens is 302 g/mol. The Balaban J connectivity index is 1.98. The Kier molecular flexibility index (Phi) is 4.35. The molecule has 0 spiro atoms. The number of nitrogens with zero attached hydrogens (tertiary/aromatic N) is 1. The molecule has 118 valence electrons. The molecule has 2 N–H and O–H groups in total. The first-order valence-electron chi connectivity index (χ1n) is 7.71. The maximum Gasteiger partial charge on any atom is 0.148 e. The summed E-state index contributed by atoms with van der Waals surface area (Å²) in [4.78, 5) is 0. The summed E-state index contributed by atoms with van der Waals surface area (Å²) in [5.41, 5.74) is 10.4. The highest BCUT2D eigenvalue weighted by molar-refractivity contribution is 7.79. The first-order valence-corrected chi connectivity index (χ1v) is 8.18. The first kappa shape index (κ1) is 15.6. The van der Waals surface area contributed by atoms with E-state index < -0.39 is 0 Å². The van der Waals surface area contributed by atoms with E-state index >= 15 is 0 Å². The Labute approximate surface area is 143 Å². The molecule has 3 rings (SSSR count). The molecule has 0 saturated carbocycles. The quantitative estimate of drug-likeness (QED) is 0.823. The number of rotatable bonds is 4. The monoisotopic (exact) mass is 323 g/mol. The highest BCUT2D eigenvalue weighted by Crippen LogP contribution is 2.29. The van der Waals surface area contributed by atoms with Crippen molar-refractivity contribution in [2.45, 2.75) is 26.9 Å². The van der Waals surface area contributed by atoms with Crippen LogP contribution in [0, 0.1) is 13.8 Å². The molecule has 0 amide bonds. The van der Waals surface area contributed by atoms with E-state index in [4.69, 9.17) is 12.2 Å². The van der Waals surface area contributed by atoms with Crippen LogP contribution in [0.4, 0.5) is 5.69 Å². The van der Waals surface area contributed by atoms with Crippen molar-refractivity contribution in [2.75, 3.05) is 5.43 Å². The van der Waals surface area contributed by atoms with E-state index in [1.165, 1.54) is 11.1 Å². The Morgan fingerprint density at radius 2 is 1.70 bits per heavy atom. The predicted molar refractivity (Wildman–Crippen MR) is 101 cm³/mol. The smallest absolute Gasteiger partial charge is 0.148 e. The van der Waals surface area contributed by atoms with E-state index in [1.807, 2.05) is 6.07 Å². The van der Waals surface area contributed by atoms with E-state index in [-0.39, 0.29) is 6.17 Å². The standard InChI is InChI=1S/C19H21N3S/c1-13-9-14(2)11-17(10-13)21-22-18(12-23)20-15(3)19(22)16-7-5-4-6-8-16/h4-12,18,20-21H,1-3H3. The summed E-state index contributed by atoms with van der Waals surface area (Å²) in [6, 6.07) is 16.8. The van der Waals surface area contributed by atoms with Crippen LogP contribution in [0.5, 0.6) is 0 Å². The van der Waals surface area contributed by atoms with E-state index in [0.29, 0.717) is 0 Å². The summed E-state index contributed by atoms with van der Waals surface area (Å²) >= 11 is 5.22. The van der Waals surface area contributed by atoms with Gasteiger partial charge in [0.05, 0.1) is 11.4 Å². The Bertz CT molecular complexity index is 732. The van der Waals surface area contributed by atoms with Gasteiger partial charge in [-0.3, -0.25) is 10.4 Å². The molecule has 0 radical (unpaired) electrons. The van der Waals surface area contributed by atoms with Crippen molar-refractivity contribution in [1.82, 2.24) is 10.3 Å². The van der Waals surface area contributed by atoms with Gasteiger partial charge in [-0.05, 0) is 44.0 Å². The second-order valence-corrected chi connectivity index (χ2v) is 6.20. The van der Waals surface area contributed by atoms with Gasteiger partial charge in [-0.25, -0.2) is 0 Å². The second kappa shape index (κ2) is 6.42. The lowest BCUT2D eigenvalue weighted by atomic mass is 10.1. The van der Waals surface area contributed by atoms with Gasteiger partial charge in [-0.15, -0.1) is 0 Å². The fraction of sp³-hybridized carbons (Fsp3) is 0.211. The van der Waals surface area contributed by atoms with E-state index in [9.17, 15) is 0 Å². The molecule has 1 aliphatic heterocycles. The lowest BCUT2D eigenvalue weighted by Crippen LogP contribution is -2.41. The van der Waals surface area contributed by atoms with Crippen molar-refractivity contribution in [3.63, 3.8) is 0 Å². The number of aryl methyl sites for hydroxylation is 2. The van der Waals surface area contributed by atoms with Crippen LogP contribution in [-0.4, -0.2) is 16.5 Å². The molecule has 0 aliphatic carbocycles. The van der Waals surface area contributed by atoms with Crippen molar-refractivity contribution < 1.29 is 0 Å². The van der Waals surface area contributed by atoms with Gasteiger partial charge in [0.25, 0.3) is 0 Å². The highest BCUT2D eigenvalue weighted by atomic mass is 32.1. The summed E-state index contributed by atoms with van der Waals surface area (Å²) < 4.78 is 0. The van der Waals surface area contributed by atoms with Crippen molar-refractivity contribution in [3.05, 3.63) is 70.9 Å². The number of hydrogen-bond donors (Lipinski definition) is 2. The van der Waals surface area contributed by atoms with Gasteiger partial charge < -0.3 is 5.32 Å². The van der Waals surface area contributed by atoms with Crippen LogP contribution in [0.15, 0.2) is 54.2 Å². The number of nitrogens with one attached hydrogen (secondary N) is 2. The molecule has 1 aliphatic rings. The minimum absolute atomic E-state index is 0.0546. The van der Waals surface area contributed by atoms with Crippen LogP contribution in [0.1, 0.15) is 23.6 Å². The molecule has 4 heteroatoms. The number of allylic oxidation sites excluding steroid dienone is 1. The van der Waals surface area contributed by atoms with E-state index in [0.717, 1.165) is 22.6 Å². The van der Waals surface area contributed by atoms with Crippen LogP contribution in [0.25, 0.3) is 5.70 Å². The SMILES string of the molecule is CC1=C(c2ccccc2)N(Nc2cc(C)cc(C)c2)C(C=S)N1. The molecule has 1 atom stereocenters. The van der Waals surface area contributed by atoms with Gasteiger partial charge in [-0.1, -0.05) is 48.6 Å².